The van der Waals surface area contributed by atoms with Crippen LogP contribution in [0.25, 0.3) is 0 Å². The summed E-state index contributed by atoms with van der Waals surface area (Å²) >= 11 is 0. The average molecular weight is 207 g/mol. The lowest BCUT2D eigenvalue weighted by Gasteiger charge is -2.15. The van der Waals surface area contributed by atoms with E-state index in [1.54, 1.807) is 13.8 Å². The smallest absolute Gasteiger partial charge is 0.242 e. The number of carbonyl (C=O) groups is 1. The van der Waals surface area contributed by atoms with Crippen LogP contribution in [0.3, 0.4) is 0 Å². The number of rotatable bonds is 2. The highest BCUT2D eigenvalue weighted by molar-refractivity contribution is 7.90. The summed E-state index contributed by atoms with van der Waals surface area (Å²) < 4.78 is 23.5. The van der Waals surface area contributed by atoms with Crippen molar-refractivity contribution in [3.63, 3.8) is 0 Å². The molecule has 0 aliphatic carbocycles. The molecular weight excluding hydrogens is 194 g/mol. The second-order valence-corrected chi connectivity index (χ2v) is 5.63. The van der Waals surface area contributed by atoms with Gasteiger partial charge >= 0.3 is 0 Å². The first-order valence-corrected chi connectivity index (χ1v) is 5.58. The molecule has 0 radical (unpaired) electrons. The third-order valence-corrected chi connectivity index (χ3v) is 4.09. The first-order chi connectivity index (χ1) is 5.81. The van der Waals surface area contributed by atoms with Crippen LogP contribution in [-0.4, -0.2) is 42.6 Å². The molecule has 1 amide bonds. The Morgan fingerprint density at radius 1 is 1.54 bits per heavy atom. The quantitative estimate of drug-likeness (QED) is 0.641. The standard InChI is InChI=1S/C7H13NO4S/c1-7(2)5-13(11,12)8(3-4-9)6(7)10/h9H,3-5H2,1-2H3. The SMILES string of the molecule is CC1(C)CS(=O)(=O)N(CCO)C1=O. The Bertz CT molecular complexity index is 319. The van der Waals surface area contributed by atoms with Crippen LogP contribution in [0.4, 0.5) is 0 Å². The van der Waals surface area contributed by atoms with E-state index in [4.69, 9.17) is 5.11 Å². The topological polar surface area (TPSA) is 74.7 Å². The van der Waals surface area contributed by atoms with Gasteiger partial charge in [0, 0.05) is 0 Å². The Kier molecular flexibility index (Phi) is 2.38. The Morgan fingerprint density at radius 2 is 2.08 bits per heavy atom. The molecule has 1 aliphatic rings. The van der Waals surface area contributed by atoms with Gasteiger partial charge in [0.05, 0.1) is 24.3 Å². The summed E-state index contributed by atoms with van der Waals surface area (Å²) in [7, 11) is -3.48. The maximum absolute atomic E-state index is 11.5. The van der Waals surface area contributed by atoms with E-state index >= 15 is 0 Å². The van der Waals surface area contributed by atoms with Gasteiger partial charge in [-0.1, -0.05) is 0 Å². The number of β-amino-alcohol motifs (C(OH)–C–C–N with tert-alkyl or cyclic N) is 1. The van der Waals surface area contributed by atoms with Gasteiger partial charge in [0.25, 0.3) is 0 Å². The minimum Gasteiger partial charge on any atom is -0.394 e. The van der Waals surface area contributed by atoms with Crippen LogP contribution < -0.4 is 0 Å². The zero-order valence-electron chi connectivity index (χ0n) is 7.65. The molecule has 1 fully saturated rings. The zero-order valence-corrected chi connectivity index (χ0v) is 8.47. The van der Waals surface area contributed by atoms with E-state index in [1.165, 1.54) is 0 Å². The fourth-order valence-electron chi connectivity index (χ4n) is 1.39. The number of amides is 1. The van der Waals surface area contributed by atoms with Crippen molar-refractivity contribution >= 4 is 15.9 Å². The molecule has 0 unspecified atom stereocenters. The van der Waals surface area contributed by atoms with Crippen molar-refractivity contribution in [3.8, 4) is 0 Å². The maximum atomic E-state index is 11.5. The van der Waals surface area contributed by atoms with Gasteiger partial charge in [-0.25, -0.2) is 12.7 Å². The highest BCUT2D eigenvalue weighted by atomic mass is 32.2. The normalized spacial score (nSPS) is 25.2. The second kappa shape index (κ2) is 2.95. The molecular formula is C7H13NO4S. The van der Waals surface area contributed by atoms with Crippen LogP contribution in [-0.2, 0) is 14.8 Å². The average Bonchev–Trinajstić information content (AvgIpc) is 2.09. The highest BCUT2D eigenvalue weighted by Crippen LogP contribution is 2.31. The van der Waals surface area contributed by atoms with E-state index in [2.05, 4.69) is 0 Å². The van der Waals surface area contributed by atoms with Crippen molar-refractivity contribution in [1.29, 1.82) is 0 Å². The van der Waals surface area contributed by atoms with Gasteiger partial charge in [-0.05, 0) is 13.8 Å². The van der Waals surface area contributed by atoms with Gasteiger partial charge in [-0.2, -0.15) is 0 Å². The minimum absolute atomic E-state index is 0.134. The molecule has 1 heterocycles. The van der Waals surface area contributed by atoms with Crippen LogP contribution in [0, 0.1) is 5.41 Å². The first kappa shape index (κ1) is 10.5. The van der Waals surface area contributed by atoms with Crippen molar-refractivity contribution < 1.29 is 18.3 Å². The maximum Gasteiger partial charge on any atom is 0.242 e. The fourth-order valence-corrected chi connectivity index (χ4v) is 3.44. The number of nitrogens with zero attached hydrogens (tertiary/aromatic N) is 1. The summed E-state index contributed by atoms with van der Waals surface area (Å²) in [5, 5.41) is 8.59. The van der Waals surface area contributed by atoms with Gasteiger partial charge in [0.2, 0.25) is 15.9 Å². The van der Waals surface area contributed by atoms with Crippen molar-refractivity contribution in [2.24, 2.45) is 5.41 Å². The Labute approximate surface area is 77.4 Å². The summed E-state index contributed by atoms with van der Waals surface area (Å²) in [4.78, 5) is 11.5. The van der Waals surface area contributed by atoms with Crippen molar-refractivity contribution in [3.05, 3.63) is 0 Å². The molecule has 0 bridgehead atoms. The molecule has 1 N–H and O–H groups in total. The summed E-state index contributed by atoms with van der Waals surface area (Å²) in [5.74, 6) is -0.597. The third-order valence-electron chi connectivity index (χ3n) is 1.99. The summed E-state index contributed by atoms with van der Waals surface area (Å²) in [6, 6.07) is 0. The van der Waals surface area contributed by atoms with Gasteiger partial charge in [-0.3, -0.25) is 4.79 Å². The molecule has 0 spiro atoms. The monoisotopic (exact) mass is 207 g/mol. The van der Waals surface area contributed by atoms with Crippen molar-refractivity contribution in [2.45, 2.75) is 13.8 Å². The number of hydrogen-bond acceptors (Lipinski definition) is 4. The summed E-state index contributed by atoms with van der Waals surface area (Å²) in [6.45, 7) is 2.71. The Balaban J connectivity index is 3.03. The molecule has 6 heteroatoms. The Morgan fingerprint density at radius 3 is 2.38 bits per heavy atom. The molecule has 1 saturated heterocycles. The lowest BCUT2D eigenvalue weighted by Crippen LogP contribution is -2.35. The van der Waals surface area contributed by atoms with E-state index in [9.17, 15) is 13.2 Å². The zero-order chi connectivity index (χ0) is 10.3. The van der Waals surface area contributed by atoms with Crippen LogP contribution in [0.2, 0.25) is 0 Å². The molecule has 76 valence electrons. The number of hydrogen-bond donors (Lipinski definition) is 1. The predicted octanol–water partition coefficient (Wildman–Crippen LogP) is -0.823. The van der Waals surface area contributed by atoms with Gasteiger partial charge in [0.1, 0.15) is 0 Å². The van der Waals surface area contributed by atoms with Gasteiger partial charge < -0.3 is 5.11 Å². The van der Waals surface area contributed by atoms with Crippen LogP contribution in [0.15, 0.2) is 0 Å². The lowest BCUT2D eigenvalue weighted by atomic mass is 9.95. The van der Waals surface area contributed by atoms with E-state index in [-0.39, 0.29) is 18.9 Å². The summed E-state index contributed by atoms with van der Waals surface area (Å²) in [5.41, 5.74) is -0.853. The number of aliphatic hydroxyl groups is 1. The molecule has 0 atom stereocenters. The van der Waals surface area contributed by atoms with E-state index < -0.39 is 21.3 Å². The molecule has 0 aromatic heterocycles. The molecule has 13 heavy (non-hydrogen) atoms. The first-order valence-electron chi connectivity index (χ1n) is 3.97. The predicted molar refractivity (Wildman–Crippen MR) is 46.4 cm³/mol. The largest absolute Gasteiger partial charge is 0.394 e. The minimum atomic E-state index is -3.48. The Hall–Kier alpha value is -0.620. The van der Waals surface area contributed by atoms with E-state index in [1.807, 2.05) is 0 Å². The molecule has 1 rings (SSSR count). The lowest BCUT2D eigenvalue weighted by molar-refractivity contribution is -0.132. The molecule has 0 saturated carbocycles. The van der Waals surface area contributed by atoms with Gasteiger partial charge in [0.15, 0.2) is 0 Å². The number of carbonyl (C=O) groups excluding carboxylic acids is 1. The van der Waals surface area contributed by atoms with Crippen LogP contribution in [0.5, 0.6) is 0 Å². The second-order valence-electron chi connectivity index (χ2n) is 3.74. The number of aliphatic hydroxyl groups excluding tert-OH is 1. The van der Waals surface area contributed by atoms with E-state index in [0.717, 1.165) is 4.31 Å². The fraction of sp³-hybridized carbons (Fsp3) is 0.857. The van der Waals surface area contributed by atoms with Crippen molar-refractivity contribution in [2.75, 3.05) is 18.9 Å². The molecule has 0 aromatic rings. The third kappa shape index (κ3) is 1.68. The molecule has 1 aliphatic heterocycles. The van der Waals surface area contributed by atoms with Crippen LogP contribution in [0.1, 0.15) is 13.8 Å². The number of sulfonamides is 1. The highest BCUT2D eigenvalue weighted by Gasteiger charge is 2.48. The molecule has 5 nitrogen and oxygen atoms in total. The summed E-state index contributed by atoms with van der Waals surface area (Å²) in [6.07, 6.45) is 0. The van der Waals surface area contributed by atoms with Crippen molar-refractivity contribution in [1.82, 2.24) is 4.31 Å². The van der Waals surface area contributed by atoms with E-state index in [0.29, 0.717) is 0 Å². The molecule has 0 aromatic carbocycles. The van der Waals surface area contributed by atoms with Crippen LogP contribution >= 0.6 is 0 Å². The van der Waals surface area contributed by atoms with Gasteiger partial charge in [-0.15, -0.1) is 0 Å².